The Morgan fingerprint density at radius 1 is 1.50 bits per heavy atom. The molecule has 1 amide bonds. The lowest BCUT2D eigenvalue weighted by molar-refractivity contribution is -0.114. The van der Waals surface area contributed by atoms with Gasteiger partial charge in [-0.2, -0.15) is 0 Å². The van der Waals surface area contributed by atoms with Gasteiger partial charge in [-0.3, -0.25) is 4.79 Å². The minimum absolute atomic E-state index is 0.0857. The molecule has 76 valence electrons. The first kappa shape index (κ1) is 11.0. The van der Waals surface area contributed by atoms with E-state index in [2.05, 4.69) is 21.2 Å². The fourth-order valence-electron chi connectivity index (χ4n) is 1.13. The van der Waals surface area contributed by atoms with Crippen LogP contribution in [0.4, 0.5) is 5.69 Å². The summed E-state index contributed by atoms with van der Waals surface area (Å²) in [6, 6.07) is 3.70. The molecule has 0 bridgehead atoms. The monoisotopic (exact) mass is 257 g/mol. The molecule has 0 saturated heterocycles. The number of benzene rings is 1. The van der Waals surface area contributed by atoms with Gasteiger partial charge < -0.3 is 10.1 Å². The molecule has 3 nitrogen and oxygen atoms in total. The van der Waals surface area contributed by atoms with E-state index in [0.717, 1.165) is 15.7 Å². The quantitative estimate of drug-likeness (QED) is 0.885. The van der Waals surface area contributed by atoms with Gasteiger partial charge in [0.25, 0.3) is 0 Å². The van der Waals surface area contributed by atoms with Crippen LogP contribution in [0.15, 0.2) is 16.6 Å². The third kappa shape index (κ3) is 2.48. The molecule has 0 aromatic heterocycles. The molecule has 0 spiro atoms. The van der Waals surface area contributed by atoms with Gasteiger partial charge in [-0.1, -0.05) is 0 Å². The maximum Gasteiger partial charge on any atom is 0.221 e. The number of nitrogens with one attached hydrogen (secondary N) is 1. The molecule has 1 N–H and O–H groups in total. The van der Waals surface area contributed by atoms with E-state index in [0.29, 0.717) is 5.75 Å². The van der Waals surface area contributed by atoms with Crippen molar-refractivity contribution in [3.05, 3.63) is 22.2 Å². The maximum atomic E-state index is 10.9. The van der Waals surface area contributed by atoms with Gasteiger partial charge in [0, 0.05) is 18.7 Å². The van der Waals surface area contributed by atoms with E-state index in [1.165, 1.54) is 6.92 Å². The summed E-state index contributed by atoms with van der Waals surface area (Å²) in [7, 11) is 1.59. The van der Waals surface area contributed by atoms with Crippen LogP contribution < -0.4 is 10.1 Å². The third-order valence-electron chi connectivity index (χ3n) is 1.81. The fourth-order valence-corrected chi connectivity index (χ4v) is 1.75. The summed E-state index contributed by atoms with van der Waals surface area (Å²) in [6.45, 7) is 3.41. The molecule has 0 atom stereocenters. The minimum atomic E-state index is -0.0857. The minimum Gasteiger partial charge on any atom is -0.495 e. The standard InChI is InChI=1S/C10H12BrNO2/c1-6-4-8(11)10(14-3)5-9(6)12-7(2)13/h4-5H,1-3H3,(H,12,13). The van der Waals surface area contributed by atoms with Crippen LogP contribution in [0.2, 0.25) is 0 Å². The Kier molecular flexibility index (Phi) is 3.52. The molecule has 0 saturated carbocycles. The highest BCUT2D eigenvalue weighted by Crippen LogP contribution is 2.30. The first-order valence-electron chi connectivity index (χ1n) is 4.16. The number of hydrogen-bond acceptors (Lipinski definition) is 2. The molecule has 0 heterocycles. The van der Waals surface area contributed by atoms with E-state index in [1.807, 2.05) is 13.0 Å². The number of anilines is 1. The zero-order chi connectivity index (χ0) is 10.7. The van der Waals surface area contributed by atoms with Gasteiger partial charge in [0.05, 0.1) is 11.6 Å². The average molecular weight is 258 g/mol. The summed E-state index contributed by atoms with van der Waals surface area (Å²) < 4.78 is 6.01. The number of carbonyl (C=O) groups is 1. The Balaban J connectivity index is 3.10. The van der Waals surface area contributed by atoms with Crippen molar-refractivity contribution in [3.63, 3.8) is 0 Å². The first-order valence-corrected chi connectivity index (χ1v) is 4.95. The summed E-state index contributed by atoms with van der Waals surface area (Å²) in [5.74, 6) is 0.622. The summed E-state index contributed by atoms with van der Waals surface area (Å²) >= 11 is 3.37. The van der Waals surface area contributed by atoms with Crippen LogP contribution in [-0.4, -0.2) is 13.0 Å². The number of ether oxygens (including phenoxy) is 1. The van der Waals surface area contributed by atoms with Crippen LogP contribution >= 0.6 is 15.9 Å². The molecule has 1 aromatic carbocycles. The molecule has 0 aliphatic rings. The smallest absolute Gasteiger partial charge is 0.221 e. The summed E-state index contributed by atoms with van der Waals surface area (Å²) in [6.07, 6.45) is 0. The third-order valence-corrected chi connectivity index (χ3v) is 2.43. The number of methoxy groups -OCH3 is 1. The lowest BCUT2D eigenvalue weighted by atomic mass is 10.2. The second kappa shape index (κ2) is 4.46. The Labute approximate surface area is 91.6 Å². The van der Waals surface area contributed by atoms with Crippen molar-refractivity contribution in [1.29, 1.82) is 0 Å². The van der Waals surface area contributed by atoms with Gasteiger partial charge in [-0.15, -0.1) is 0 Å². The molecular formula is C10H12BrNO2. The van der Waals surface area contributed by atoms with Crippen LogP contribution in [0.1, 0.15) is 12.5 Å². The highest BCUT2D eigenvalue weighted by molar-refractivity contribution is 9.10. The highest BCUT2D eigenvalue weighted by atomic mass is 79.9. The van der Waals surface area contributed by atoms with E-state index >= 15 is 0 Å². The fraction of sp³-hybridized carbons (Fsp3) is 0.300. The number of carbonyl (C=O) groups excluding carboxylic acids is 1. The van der Waals surface area contributed by atoms with Gasteiger partial charge in [-0.25, -0.2) is 0 Å². The van der Waals surface area contributed by atoms with E-state index in [-0.39, 0.29) is 5.91 Å². The van der Waals surface area contributed by atoms with Crippen molar-refractivity contribution >= 4 is 27.5 Å². The van der Waals surface area contributed by atoms with Gasteiger partial charge in [0.2, 0.25) is 5.91 Å². The lowest BCUT2D eigenvalue weighted by Crippen LogP contribution is -2.07. The second-order valence-electron chi connectivity index (χ2n) is 2.98. The number of halogens is 1. The van der Waals surface area contributed by atoms with E-state index in [1.54, 1.807) is 13.2 Å². The Hall–Kier alpha value is -1.03. The summed E-state index contributed by atoms with van der Waals surface area (Å²) in [5.41, 5.74) is 1.77. The molecule has 14 heavy (non-hydrogen) atoms. The van der Waals surface area contributed by atoms with Gasteiger partial charge in [-0.05, 0) is 34.5 Å². The van der Waals surface area contributed by atoms with Gasteiger partial charge in [0.15, 0.2) is 0 Å². The molecule has 0 radical (unpaired) electrons. The van der Waals surface area contributed by atoms with Crippen LogP contribution in [0, 0.1) is 6.92 Å². The van der Waals surface area contributed by atoms with Crippen molar-refractivity contribution in [1.82, 2.24) is 0 Å². The molecule has 1 aromatic rings. The number of rotatable bonds is 2. The second-order valence-corrected chi connectivity index (χ2v) is 3.84. The van der Waals surface area contributed by atoms with E-state index in [9.17, 15) is 4.79 Å². The molecule has 1 rings (SSSR count). The number of aryl methyl sites for hydroxylation is 1. The molecule has 0 aliphatic carbocycles. The molecule has 0 unspecified atom stereocenters. The van der Waals surface area contributed by atoms with Crippen LogP contribution in [0.3, 0.4) is 0 Å². The van der Waals surface area contributed by atoms with E-state index in [4.69, 9.17) is 4.74 Å². The largest absolute Gasteiger partial charge is 0.495 e. The van der Waals surface area contributed by atoms with Gasteiger partial charge >= 0.3 is 0 Å². The van der Waals surface area contributed by atoms with Crippen LogP contribution in [-0.2, 0) is 4.79 Å². The van der Waals surface area contributed by atoms with Crippen molar-refractivity contribution in [2.24, 2.45) is 0 Å². The van der Waals surface area contributed by atoms with E-state index < -0.39 is 0 Å². The van der Waals surface area contributed by atoms with Crippen molar-refractivity contribution in [3.8, 4) is 5.75 Å². The average Bonchev–Trinajstić information content (AvgIpc) is 2.09. The molecule has 0 fully saturated rings. The molecule has 0 aliphatic heterocycles. The molecule has 4 heteroatoms. The van der Waals surface area contributed by atoms with Crippen molar-refractivity contribution < 1.29 is 9.53 Å². The first-order chi connectivity index (χ1) is 6.54. The summed E-state index contributed by atoms with van der Waals surface area (Å²) in [4.78, 5) is 10.9. The van der Waals surface area contributed by atoms with Crippen LogP contribution in [0.5, 0.6) is 5.75 Å². The number of amides is 1. The van der Waals surface area contributed by atoms with Gasteiger partial charge in [0.1, 0.15) is 5.75 Å². The zero-order valence-corrected chi connectivity index (χ0v) is 9.94. The van der Waals surface area contributed by atoms with Crippen molar-refractivity contribution in [2.75, 3.05) is 12.4 Å². The van der Waals surface area contributed by atoms with Crippen LogP contribution in [0.25, 0.3) is 0 Å². The molecular weight excluding hydrogens is 246 g/mol. The SMILES string of the molecule is COc1cc(NC(C)=O)c(C)cc1Br. The van der Waals surface area contributed by atoms with Crippen molar-refractivity contribution in [2.45, 2.75) is 13.8 Å². The maximum absolute atomic E-state index is 10.9. The number of hydrogen-bond donors (Lipinski definition) is 1. The Morgan fingerprint density at radius 2 is 2.14 bits per heavy atom. The zero-order valence-electron chi connectivity index (χ0n) is 8.35. The topological polar surface area (TPSA) is 38.3 Å². The lowest BCUT2D eigenvalue weighted by Gasteiger charge is -2.10. The predicted molar refractivity (Wildman–Crippen MR) is 59.7 cm³/mol. The Bertz CT molecular complexity index is 363. The highest BCUT2D eigenvalue weighted by Gasteiger charge is 2.06. The summed E-state index contributed by atoms with van der Waals surface area (Å²) in [5, 5.41) is 2.74. The predicted octanol–water partition coefficient (Wildman–Crippen LogP) is 2.72. The normalized spacial score (nSPS) is 9.71. The Morgan fingerprint density at radius 3 is 2.64 bits per heavy atom.